The van der Waals surface area contributed by atoms with Crippen LogP contribution in [0.25, 0.3) is 54.9 Å². The fourth-order valence-electron chi connectivity index (χ4n) is 9.93. The van der Waals surface area contributed by atoms with Crippen LogP contribution >= 0.6 is 17.0 Å². The second kappa shape index (κ2) is 25.7. The normalized spacial score (nSPS) is 11.8. The zero-order valence-corrected chi connectivity index (χ0v) is 49.6. The molecular formula is C66H77Cl2SiZr-3. The minimum atomic E-state index is -0.826. The topological polar surface area (TPSA) is 0 Å². The molecule has 0 aromatic heterocycles. The first-order valence-corrected chi connectivity index (χ1v) is 33.4. The van der Waals surface area contributed by atoms with Gasteiger partial charge in [0.1, 0.15) is 0 Å². The number of rotatable bonds is 12. The third kappa shape index (κ3) is 13.8. The predicted molar refractivity (Wildman–Crippen MR) is 310 cm³/mol. The maximum Gasteiger partial charge on any atom is 0.0920 e. The van der Waals surface area contributed by atoms with E-state index in [2.05, 4.69) is 224 Å². The van der Waals surface area contributed by atoms with Gasteiger partial charge in [-0.1, -0.05) is 191 Å². The molecule has 0 nitrogen and oxygen atoms in total. The van der Waals surface area contributed by atoms with Gasteiger partial charge in [-0.05, 0) is 94.6 Å². The van der Waals surface area contributed by atoms with Crippen molar-refractivity contribution in [3.63, 3.8) is 0 Å². The molecule has 0 amide bonds. The summed E-state index contributed by atoms with van der Waals surface area (Å²) < 4.78 is 0. The molecule has 0 saturated carbocycles. The zero-order chi connectivity index (χ0) is 50.8. The van der Waals surface area contributed by atoms with Crippen LogP contribution in [0.4, 0.5) is 0 Å². The van der Waals surface area contributed by atoms with Gasteiger partial charge in [-0.25, -0.2) is 0 Å². The average Bonchev–Trinajstić information content (AvgIpc) is 4.05. The van der Waals surface area contributed by atoms with E-state index in [0.717, 1.165) is 35.2 Å². The van der Waals surface area contributed by atoms with Crippen molar-refractivity contribution in [1.29, 1.82) is 0 Å². The van der Waals surface area contributed by atoms with Gasteiger partial charge in [0.15, 0.2) is 0 Å². The van der Waals surface area contributed by atoms with Crippen LogP contribution in [0.1, 0.15) is 165 Å². The van der Waals surface area contributed by atoms with E-state index in [1.807, 2.05) is 6.07 Å². The first-order chi connectivity index (χ1) is 33.5. The summed E-state index contributed by atoms with van der Waals surface area (Å²) in [6, 6.07) is 51.7. The molecule has 70 heavy (non-hydrogen) atoms. The molecule has 9 rings (SSSR count). The molecule has 0 atom stereocenters. The molecule has 4 heteroatoms. The number of fused-ring (bicyclic) bond motifs is 5. The van der Waals surface area contributed by atoms with Crippen LogP contribution in [0, 0.1) is 17.9 Å². The predicted octanol–water partition coefficient (Wildman–Crippen LogP) is 19.0. The van der Waals surface area contributed by atoms with Crippen LogP contribution in [0.2, 0.25) is 0 Å². The molecule has 1 heterocycles. The maximum absolute atomic E-state index is 4.93. The SMILES string of the molecule is CCc1ccc2[cH-]c(CC(C)C)cc2c1-c1cc(C(C)C)cc(C(C)C)c1.CCc1ccc2[cH-]c(CC(C)C)cc2c1-c1cc(C(C)C)cc(C(C)C)c1.[Cl][Zr][Cl].[c-]1cccc2c1[Si]c1ccccc1-2. The first kappa shape index (κ1) is 55.5. The molecule has 2 radical (unpaired) electrons. The molecule has 0 aliphatic carbocycles. The molecule has 366 valence electrons. The van der Waals surface area contributed by atoms with Crippen LogP contribution in [0.15, 0.2) is 127 Å². The number of hydrogen-bond acceptors (Lipinski definition) is 0. The van der Waals surface area contributed by atoms with Crippen molar-refractivity contribution in [2.75, 3.05) is 0 Å². The van der Waals surface area contributed by atoms with Crippen molar-refractivity contribution in [2.45, 2.75) is 146 Å². The van der Waals surface area contributed by atoms with Gasteiger partial charge >= 0.3 is 37.9 Å². The van der Waals surface area contributed by atoms with Crippen molar-refractivity contribution in [3.05, 3.63) is 178 Å². The summed E-state index contributed by atoms with van der Waals surface area (Å²) in [6.45, 7) is 32.2. The molecule has 0 bridgehead atoms. The minimum Gasteiger partial charge on any atom is -0.184 e. The Balaban J connectivity index is 0.000000176. The second-order valence-corrected chi connectivity index (χ2v) is 26.5. The van der Waals surface area contributed by atoms with E-state index in [0.29, 0.717) is 35.5 Å². The van der Waals surface area contributed by atoms with Gasteiger partial charge in [-0.15, -0.1) is 74.6 Å². The fourth-order valence-corrected chi connectivity index (χ4v) is 11.2. The van der Waals surface area contributed by atoms with Crippen LogP contribution in [-0.4, -0.2) is 9.52 Å². The van der Waals surface area contributed by atoms with E-state index in [-0.39, 0.29) is 0 Å². The van der Waals surface area contributed by atoms with Crippen molar-refractivity contribution >= 4 is 58.5 Å². The molecule has 8 aromatic rings. The first-order valence-electron chi connectivity index (χ1n) is 26.0. The number of aryl methyl sites for hydroxylation is 2. The third-order valence-electron chi connectivity index (χ3n) is 13.7. The van der Waals surface area contributed by atoms with Crippen molar-refractivity contribution in [2.24, 2.45) is 11.8 Å². The molecule has 0 spiro atoms. The van der Waals surface area contributed by atoms with Gasteiger partial charge < -0.3 is 0 Å². The summed E-state index contributed by atoms with van der Waals surface area (Å²) >= 11 is -0.826. The number of hydrogen-bond donors (Lipinski definition) is 0. The Morgan fingerprint density at radius 3 is 1.29 bits per heavy atom. The van der Waals surface area contributed by atoms with Gasteiger partial charge in [0, 0.05) is 0 Å². The van der Waals surface area contributed by atoms with E-state index >= 15 is 0 Å². The largest absolute Gasteiger partial charge is 0.184 e. The van der Waals surface area contributed by atoms with E-state index in [1.54, 1.807) is 0 Å². The van der Waals surface area contributed by atoms with Crippen LogP contribution < -0.4 is 10.4 Å². The molecule has 8 aromatic carbocycles. The van der Waals surface area contributed by atoms with Gasteiger partial charge in [0.25, 0.3) is 0 Å². The van der Waals surface area contributed by atoms with E-state index < -0.39 is 20.8 Å². The average molecular weight is 1060 g/mol. The molecule has 0 fully saturated rings. The van der Waals surface area contributed by atoms with E-state index in [4.69, 9.17) is 17.0 Å². The summed E-state index contributed by atoms with van der Waals surface area (Å²) in [6.07, 6.45) is 4.44. The van der Waals surface area contributed by atoms with Gasteiger partial charge in [-0.2, -0.15) is 41.6 Å². The molecule has 0 N–H and O–H groups in total. The Kier molecular flexibility index (Phi) is 20.4. The Labute approximate surface area is 445 Å². The summed E-state index contributed by atoms with van der Waals surface area (Å²) in [7, 11) is 10.7. The van der Waals surface area contributed by atoms with Crippen LogP contribution in [0.3, 0.4) is 0 Å². The third-order valence-corrected chi connectivity index (χ3v) is 15.0. The molecular weight excluding hydrogens is 983 g/mol. The zero-order valence-electron chi connectivity index (χ0n) is 44.7. The second-order valence-electron chi connectivity index (χ2n) is 21.4. The molecule has 1 aliphatic heterocycles. The van der Waals surface area contributed by atoms with Gasteiger partial charge in [0.05, 0.1) is 9.52 Å². The molecule has 0 unspecified atom stereocenters. The number of benzene rings is 6. The Hall–Kier alpha value is -3.78. The van der Waals surface area contributed by atoms with Crippen molar-refractivity contribution in [3.8, 4) is 33.4 Å². The summed E-state index contributed by atoms with van der Waals surface area (Å²) in [5, 5.41) is 8.46. The smallest absolute Gasteiger partial charge is 0.0920 e. The fraction of sp³-hybridized carbons (Fsp3) is 0.364. The number of halogens is 2. The Morgan fingerprint density at radius 2 is 0.900 bits per heavy atom. The standard InChI is InChI=1S/2C27H35.C12H7Si.2ClH.Zr/c2*1-8-21-9-10-22-12-20(11-17(2)3)13-26(22)27(21)25-15-23(18(4)5)14-24(16-25)19(6)7;1-3-7-11-9(5-1)10-6-2-4-8-12(10)13-11;;;/h2*9-10,12-19H,8,11H2,1-7H3;1-7H;2*1H;/q3*-1;;;+2/p-2. The van der Waals surface area contributed by atoms with Gasteiger partial charge in [-0.3, -0.25) is 0 Å². The van der Waals surface area contributed by atoms with Crippen molar-refractivity contribution < 1.29 is 20.8 Å². The minimum absolute atomic E-state index is 0.544. The summed E-state index contributed by atoms with van der Waals surface area (Å²) in [5.74, 6) is 3.55. The monoisotopic (exact) mass is 1060 g/mol. The van der Waals surface area contributed by atoms with E-state index in [1.165, 1.54) is 110 Å². The molecule has 0 saturated heterocycles. The van der Waals surface area contributed by atoms with Gasteiger partial charge in [0.2, 0.25) is 0 Å². The summed E-state index contributed by atoms with van der Waals surface area (Å²) in [4.78, 5) is 0. The Morgan fingerprint density at radius 1 is 0.500 bits per heavy atom. The quantitative estimate of drug-likeness (QED) is 0.0845. The molecule has 1 aliphatic rings. The maximum atomic E-state index is 4.93. The van der Waals surface area contributed by atoms with Crippen molar-refractivity contribution in [1.82, 2.24) is 0 Å². The van der Waals surface area contributed by atoms with Crippen LogP contribution in [0.5, 0.6) is 0 Å². The van der Waals surface area contributed by atoms with E-state index in [9.17, 15) is 0 Å². The van der Waals surface area contributed by atoms with Crippen LogP contribution in [-0.2, 0) is 46.5 Å². The summed E-state index contributed by atoms with van der Waals surface area (Å²) in [5.41, 5.74) is 20.1. The Bertz CT molecular complexity index is 2700.